The molecule has 3 rings (SSSR count). The number of aromatic nitrogens is 2. The Labute approximate surface area is 162 Å². The third-order valence-electron chi connectivity index (χ3n) is 3.78. The fourth-order valence-corrected chi connectivity index (χ4v) is 2.59. The minimum atomic E-state index is -0.361. The molecule has 2 N–H and O–H groups in total. The van der Waals surface area contributed by atoms with Gasteiger partial charge in [-0.1, -0.05) is 29.8 Å². The van der Waals surface area contributed by atoms with Gasteiger partial charge in [0.2, 0.25) is 0 Å². The van der Waals surface area contributed by atoms with Crippen LogP contribution in [0.25, 0.3) is 0 Å². The fraction of sp³-hybridized carbons (Fsp3) is 0.150. The van der Waals surface area contributed by atoms with Crippen molar-refractivity contribution in [3.05, 3.63) is 71.1 Å². The van der Waals surface area contributed by atoms with Gasteiger partial charge in [0.15, 0.2) is 0 Å². The van der Waals surface area contributed by atoms with Crippen molar-refractivity contribution in [1.82, 2.24) is 9.97 Å². The Morgan fingerprint density at radius 1 is 1.11 bits per heavy atom. The minimum absolute atomic E-state index is 0.203. The van der Waals surface area contributed by atoms with Gasteiger partial charge < -0.3 is 15.4 Å². The average Bonchev–Trinajstić information content (AvgIpc) is 2.67. The van der Waals surface area contributed by atoms with Crippen LogP contribution in [0.2, 0.25) is 5.02 Å². The van der Waals surface area contributed by atoms with E-state index in [9.17, 15) is 4.79 Å². The standard InChI is InChI=1S/C20H19ClN4O2/c1-3-27-18-7-5-4-6-15(18)25-20(26)17-11-23-19(12-22-17)24-16-10-14(21)9-8-13(16)2/h4-12H,3H2,1-2H3,(H,23,24)(H,25,26). The quantitative estimate of drug-likeness (QED) is 0.638. The predicted octanol–water partition coefficient (Wildman–Crippen LogP) is 4.83. The summed E-state index contributed by atoms with van der Waals surface area (Å²) in [5.74, 6) is 0.766. The average molecular weight is 383 g/mol. The normalized spacial score (nSPS) is 10.3. The van der Waals surface area contributed by atoms with Gasteiger partial charge >= 0.3 is 0 Å². The Morgan fingerprint density at radius 2 is 1.93 bits per heavy atom. The zero-order chi connectivity index (χ0) is 19.2. The number of amides is 1. The molecule has 7 heteroatoms. The van der Waals surface area contributed by atoms with Gasteiger partial charge in [-0.2, -0.15) is 0 Å². The van der Waals surface area contributed by atoms with Crippen molar-refractivity contribution in [3.63, 3.8) is 0 Å². The van der Waals surface area contributed by atoms with Crippen LogP contribution >= 0.6 is 11.6 Å². The van der Waals surface area contributed by atoms with E-state index in [1.165, 1.54) is 12.4 Å². The second kappa shape index (κ2) is 8.51. The monoisotopic (exact) mass is 382 g/mol. The SMILES string of the molecule is CCOc1ccccc1NC(=O)c1cnc(Nc2cc(Cl)ccc2C)cn1. The molecule has 0 bridgehead atoms. The first-order valence-electron chi connectivity index (χ1n) is 8.45. The number of hydrogen-bond acceptors (Lipinski definition) is 5. The molecule has 0 aliphatic heterocycles. The van der Waals surface area contributed by atoms with Gasteiger partial charge in [-0.3, -0.25) is 4.79 Å². The zero-order valence-corrected chi connectivity index (χ0v) is 15.7. The highest BCUT2D eigenvalue weighted by atomic mass is 35.5. The van der Waals surface area contributed by atoms with Crippen LogP contribution in [-0.4, -0.2) is 22.5 Å². The highest BCUT2D eigenvalue weighted by Crippen LogP contribution is 2.25. The molecule has 0 fully saturated rings. The fourth-order valence-electron chi connectivity index (χ4n) is 2.41. The van der Waals surface area contributed by atoms with E-state index >= 15 is 0 Å². The van der Waals surface area contributed by atoms with Crippen LogP contribution in [0.5, 0.6) is 5.75 Å². The summed E-state index contributed by atoms with van der Waals surface area (Å²) in [6.45, 7) is 4.36. The Bertz CT molecular complexity index is 945. The number of carbonyl (C=O) groups excluding carboxylic acids is 1. The smallest absolute Gasteiger partial charge is 0.275 e. The summed E-state index contributed by atoms with van der Waals surface area (Å²) in [5.41, 5.74) is 2.65. The maximum absolute atomic E-state index is 12.4. The molecule has 3 aromatic rings. The molecule has 0 aliphatic carbocycles. The summed E-state index contributed by atoms with van der Waals surface area (Å²) in [7, 11) is 0. The van der Waals surface area contributed by atoms with E-state index in [0.29, 0.717) is 28.9 Å². The van der Waals surface area contributed by atoms with E-state index in [1.807, 2.05) is 44.2 Å². The molecule has 1 aromatic heterocycles. The van der Waals surface area contributed by atoms with Crippen LogP contribution in [0.3, 0.4) is 0 Å². The number of ether oxygens (including phenoxy) is 1. The number of halogens is 1. The van der Waals surface area contributed by atoms with Gasteiger partial charge in [0.05, 0.1) is 24.7 Å². The second-order valence-electron chi connectivity index (χ2n) is 5.75. The maximum Gasteiger partial charge on any atom is 0.275 e. The molecular formula is C20H19ClN4O2. The Morgan fingerprint density at radius 3 is 2.67 bits per heavy atom. The summed E-state index contributed by atoms with van der Waals surface area (Å²) < 4.78 is 5.51. The highest BCUT2D eigenvalue weighted by Gasteiger charge is 2.12. The molecule has 1 heterocycles. The van der Waals surface area contributed by atoms with Gasteiger partial charge in [-0.05, 0) is 43.7 Å². The summed E-state index contributed by atoms with van der Waals surface area (Å²) in [6.07, 6.45) is 2.92. The number of rotatable bonds is 6. The van der Waals surface area contributed by atoms with Crippen LogP contribution in [-0.2, 0) is 0 Å². The summed E-state index contributed by atoms with van der Waals surface area (Å²) >= 11 is 6.02. The number of para-hydroxylation sites is 2. The number of anilines is 3. The van der Waals surface area contributed by atoms with Gasteiger partial charge in [-0.15, -0.1) is 0 Å². The number of nitrogens with zero attached hydrogens (tertiary/aromatic N) is 2. The molecule has 0 atom stereocenters. The van der Waals surface area contributed by atoms with E-state index in [-0.39, 0.29) is 11.6 Å². The van der Waals surface area contributed by atoms with Crippen molar-refractivity contribution in [2.75, 3.05) is 17.2 Å². The Kier molecular flexibility index (Phi) is 5.88. The van der Waals surface area contributed by atoms with Crippen molar-refractivity contribution in [1.29, 1.82) is 0 Å². The summed E-state index contributed by atoms with van der Waals surface area (Å²) in [5, 5.41) is 6.56. The number of aryl methyl sites for hydroxylation is 1. The lowest BCUT2D eigenvalue weighted by atomic mass is 10.2. The van der Waals surface area contributed by atoms with Gasteiger partial charge in [0.25, 0.3) is 5.91 Å². The first-order valence-corrected chi connectivity index (χ1v) is 8.83. The van der Waals surface area contributed by atoms with Crippen molar-refractivity contribution in [2.24, 2.45) is 0 Å². The summed E-state index contributed by atoms with van der Waals surface area (Å²) in [6, 6.07) is 12.8. The van der Waals surface area contributed by atoms with E-state index in [1.54, 1.807) is 12.1 Å². The number of carbonyl (C=O) groups is 1. The number of benzene rings is 2. The van der Waals surface area contributed by atoms with Crippen molar-refractivity contribution < 1.29 is 9.53 Å². The Balaban J connectivity index is 1.71. The highest BCUT2D eigenvalue weighted by molar-refractivity contribution is 6.30. The third-order valence-corrected chi connectivity index (χ3v) is 4.02. The van der Waals surface area contributed by atoms with Crippen LogP contribution in [0.15, 0.2) is 54.9 Å². The molecule has 0 radical (unpaired) electrons. The predicted molar refractivity (Wildman–Crippen MR) is 107 cm³/mol. The molecule has 0 aliphatic rings. The van der Waals surface area contributed by atoms with E-state index < -0.39 is 0 Å². The molecule has 2 aromatic carbocycles. The number of nitrogens with one attached hydrogen (secondary N) is 2. The van der Waals surface area contributed by atoms with E-state index in [2.05, 4.69) is 20.6 Å². The lowest BCUT2D eigenvalue weighted by molar-refractivity contribution is 0.102. The zero-order valence-electron chi connectivity index (χ0n) is 15.0. The van der Waals surface area contributed by atoms with Crippen LogP contribution in [0.1, 0.15) is 23.0 Å². The molecule has 6 nitrogen and oxygen atoms in total. The minimum Gasteiger partial charge on any atom is -0.492 e. The van der Waals surface area contributed by atoms with Crippen molar-refractivity contribution in [2.45, 2.75) is 13.8 Å². The molecule has 138 valence electrons. The molecule has 1 amide bonds. The van der Waals surface area contributed by atoms with Crippen LogP contribution < -0.4 is 15.4 Å². The largest absolute Gasteiger partial charge is 0.492 e. The van der Waals surface area contributed by atoms with Crippen LogP contribution in [0, 0.1) is 6.92 Å². The van der Waals surface area contributed by atoms with Crippen LogP contribution in [0.4, 0.5) is 17.2 Å². The first-order chi connectivity index (χ1) is 13.1. The molecule has 0 spiro atoms. The topological polar surface area (TPSA) is 76.1 Å². The molecular weight excluding hydrogens is 364 g/mol. The third kappa shape index (κ3) is 4.74. The molecule has 0 saturated carbocycles. The second-order valence-corrected chi connectivity index (χ2v) is 6.19. The first kappa shape index (κ1) is 18.7. The van der Waals surface area contributed by atoms with Crippen molar-refractivity contribution in [3.8, 4) is 5.75 Å². The van der Waals surface area contributed by atoms with E-state index in [4.69, 9.17) is 16.3 Å². The van der Waals surface area contributed by atoms with Gasteiger partial charge in [0, 0.05) is 10.7 Å². The maximum atomic E-state index is 12.4. The van der Waals surface area contributed by atoms with Crippen molar-refractivity contribution >= 4 is 34.7 Å². The summed E-state index contributed by atoms with van der Waals surface area (Å²) in [4.78, 5) is 20.9. The number of hydrogen-bond donors (Lipinski definition) is 2. The van der Waals surface area contributed by atoms with Gasteiger partial charge in [-0.25, -0.2) is 9.97 Å². The van der Waals surface area contributed by atoms with Gasteiger partial charge in [0.1, 0.15) is 17.3 Å². The Hall–Kier alpha value is -3.12. The molecule has 27 heavy (non-hydrogen) atoms. The molecule has 0 saturated heterocycles. The lowest BCUT2D eigenvalue weighted by Gasteiger charge is -2.11. The lowest BCUT2D eigenvalue weighted by Crippen LogP contribution is -2.15. The van der Waals surface area contributed by atoms with E-state index in [0.717, 1.165) is 11.3 Å². The molecule has 0 unspecified atom stereocenters.